The van der Waals surface area contributed by atoms with E-state index in [0.717, 1.165) is 12.8 Å². The molecule has 0 nitrogen and oxygen atoms in total. The van der Waals surface area contributed by atoms with E-state index in [-0.39, 0.29) is 0 Å². The van der Waals surface area contributed by atoms with Crippen LogP contribution in [0.15, 0.2) is 18.7 Å². The second-order valence-corrected chi connectivity index (χ2v) is 7.16. The van der Waals surface area contributed by atoms with Crippen molar-refractivity contribution in [2.75, 3.05) is 0 Å². The Balaban J connectivity index is 2.28. The molecule has 0 aliphatic carbocycles. The Morgan fingerprint density at radius 2 is 1.21 bits per heavy atom. The number of unbranched alkanes of at least 4 members (excludes halogenated alkanes) is 9. The number of aryl methyl sites for hydroxylation is 3. The average Bonchev–Trinajstić information content (AvgIpc) is 2.62. The molecular weight excluding hydrogens is 288 g/mol. The Labute approximate surface area is 151 Å². The third-order valence-electron chi connectivity index (χ3n) is 5.24. The van der Waals surface area contributed by atoms with Crippen LogP contribution in [0.3, 0.4) is 0 Å². The van der Waals surface area contributed by atoms with Gasteiger partial charge in [0.2, 0.25) is 0 Å². The Kier molecular flexibility index (Phi) is 11.6. The highest BCUT2D eigenvalue weighted by Gasteiger charge is 2.06. The standard InChI is InChI=1S/C24H40/c1-5-9-10-11-12-13-14-15-16-17-18-24-20-22(7-3)21(6-2)19-23(24)8-4/h6,19-20H,2,5,7-18H2,1,3-4H3. The smallest absolute Gasteiger partial charge is 0.0228 e. The van der Waals surface area contributed by atoms with Gasteiger partial charge in [-0.05, 0) is 47.9 Å². The molecule has 0 aliphatic heterocycles. The quantitative estimate of drug-likeness (QED) is 0.304. The van der Waals surface area contributed by atoms with Gasteiger partial charge in [0.1, 0.15) is 0 Å². The van der Waals surface area contributed by atoms with Crippen molar-refractivity contribution in [1.29, 1.82) is 0 Å². The lowest BCUT2D eigenvalue weighted by atomic mass is 9.92. The summed E-state index contributed by atoms with van der Waals surface area (Å²) in [6, 6.07) is 4.82. The summed E-state index contributed by atoms with van der Waals surface area (Å²) >= 11 is 0. The Hall–Kier alpha value is -1.04. The molecule has 0 unspecified atom stereocenters. The van der Waals surface area contributed by atoms with Crippen LogP contribution >= 0.6 is 0 Å². The molecule has 1 aromatic carbocycles. The zero-order chi connectivity index (χ0) is 17.6. The van der Waals surface area contributed by atoms with Crippen LogP contribution < -0.4 is 0 Å². The summed E-state index contributed by atoms with van der Waals surface area (Å²) in [4.78, 5) is 0. The highest BCUT2D eigenvalue weighted by atomic mass is 14.1. The maximum atomic E-state index is 3.97. The first kappa shape index (κ1) is 21.0. The van der Waals surface area contributed by atoms with Crippen molar-refractivity contribution in [1.82, 2.24) is 0 Å². The first-order valence-electron chi connectivity index (χ1n) is 10.5. The largest absolute Gasteiger partial charge is 0.0985 e. The van der Waals surface area contributed by atoms with Crippen molar-refractivity contribution in [3.8, 4) is 0 Å². The van der Waals surface area contributed by atoms with Gasteiger partial charge in [-0.15, -0.1) is 0 Å². The van der Waals surface area contributed by atoms with Crippen molar-refractivity contribution >= 4 is 6.08 Å². The molecule has 136 valence electrons. The summed E-state index contributed by atoms with van der Waals surface area (Å²) in [7, 11) is 0. The average molecular weight is 329 g/mol. The Morgan fingerprint density at radius 3 is 1.71 bits per heavy atom. The molecule has 0 saturated heterocycles. The van der Waals surface area contributed by atoms with Gasteiger partial charge >= 0.3 is 0 Å². The summed E-state index contributed by atoms with van der Waals surface area (Å²) in [5, 5.41) is 0. The first-order chi connectivity index (χ1) is 11.8. The Bertz CT molecular complexity index is 455. The van der Waals surface area contributed by atoms with Gasteiger partial charge in [-0.2, -0.15) is 0 Å². The van der Waals surface area contributed by atoms with Gasteiger partial charge in [-0.1, -0.05) is 103 Å². The van der Waals surface area contributed by atoms with Crippen LogP contribution in [0.5, 0.6) is 0 Å². The van der Waals surface area contributed by atoms with E-state index < -0.39 is 0 Å². The molecule has 0 amide bonds. The zero-order valence-electron chi connectivity index (χ0n) is 16.6. The Morgan fingerprint density at radius 1 is 0.667 bits per heavy atom. The summed E-state index contributed by atoms with van der Waals surface area (Å²) in [5.74, 6) is 0. The van der Waals surface area contributed by atoms with E-state index in [0.29, 0.717) is 0 Å². The molecule has 0 aliphatic rings. The lowest BCUT2D eigenvalue weighted by Crippen LogP contribution is -1.98. The van der Waals surface area contributed by atoms with Gasteiger partial charge in [0, 0.05) is 0 Å². The van der Waals surface area contributed by atoms with E-state index in [9.17, 15) is 0 Å². The SMILES string of the molecule is C=Cc1cc(CC)c(CCCCCCCCCCCC)cc1CC. The molecule has 0 spiro atoms. The molecule has 0 atom stereocenters. The second-order valence-electron chi connectivity index (χ2n) is 7.16. The summed E-state index contributed by atoms with van der Waals surface area (Å²) in [6.45, 7) is 10.8. The van der Waals surface area contributed by atoms with Crippen molar-refractivity contribution < 1.29 is 0 Å². The van der Waals surface area contributed by atoms with Crippen LogP contribution in [0.1, 0.15) is 107 Å². The van der Waals surface area contributed by atoms with Crippen LogP contribution in [0.25, 0.3) is 6.08 Å². The van der Waals surface area contributed by atoms with Crippen molar-refractivity contribution in [2.24, 2.45) is 0 Å². The third kappa shape index (κ3) is 7.69. The normalized spacial score (nSPS) is 11.0. The molecule has 0 saturated carbocycles. The van der Waals surface area contributed by atoms with Crippen LogP contribution in [0, 0.1) is 0 Å². The monoisotopic (exact) mass is 328 g/mol. The van der Waals surface area contributed by atoms with Gasteiger partial charge in [0.05, 0.1) is 0 Å². The highest BCUT2D eigenvalue weighted by Crippen LogP contribution is 2.22. The number of rotatable bonds is 14. The fourth-order valence-electron chi connectivity index (χ4n) is 3.62. The van der Waals surface area contributed by atoms with Crippen molar-refractivity contribution in [3.63, 3.8) is 0 Å². The molecule has 0 bridgehead atoms. The van der Waals surface area contributed by atoms with E-state index in [1.165, 1.54) is 87.3 Å². The minimum atomic E-state index is 1.11. The molecule has 0 heteroatoms. The van der Waals surface area contributed by atoms with Crippen molar-refractivity contribution in [3.05, 3.63) is 41.0 Å². The molecular formula is C24H40. The van der Waals surface area contributed by atoms with E-state index in [1.807, 2.05) is 6.08 Å². The van der Waals surface area contributed by atoms with E-state index >= 15 is 0 Å². The van der Waals surface area contributed by atoms with E-state index in [4.69, 9.17) is 0 Å². The maximum Gasteiger partial charge on any atom is -0.0228 e. The third-order valence-corrected chi connectivity index (χ3v) is 5.24. The lowest BCUT2D eigenvalue weighted by Gasteiger charge is -2.13. The fourth-order valence-corrected chi connectivity index (χ4v) is 3.62. The topological polar surface area (TPSA) is 0 Å². The molecule has 0 fully saturated rings. The number of benzene rings is 1. The van der Waals surface area contributed by atoms with Crippen LogP contribution in [0.4, 0.5) is 0 Å². The predicted molar refractivity (Wildman–Crippen MR) is 111 cm³/mol. The minimum absolute atomic E-state index is 1.11. The lowest BCUT2D eigenvalue weighted by molar-refractivity contribution is 0.556. The second kappa shape index (κ2) is 13.3. The van der Waals surface area contributed by atoms with E-state index in [2.05, 4.69) is 39.5 Å². The van der Waals surface area contributed by atoms with Gasteiger partial charge < -0.3 is 0 Å². The molecule has 1 rings (SSSR count). The van der Waals surface area contributed by atoms with Gasteiger partial charge in [-0.3, -0.25) is 0 Å². The van der Waals surface area contributed by atoms with Crippen LogP contribution in [-0.4, -0.2) is 0 Å². The summed E-state index contributed by atoms with van der Waals surface area (Å²) in [6.07, 6.45) is 19.7. The van der Waals surface area contributed by atoms with Crippen LogP contribution in [-0.2, 0) is 19.3 Å². The fraction of sp³-hybridized carbons (Fsp3) is 0.667. The van der Waals surface area contributed by atoms with Gasteiger partial charge in [-0.25, -0.2) is 0 Å². The molecule has 1 aromatic rings. The van der Waals surface area contributed by atoms with Gasteiger partial charge in [0.25, 0.3) is 0 Å². The first-order valence-corrected chi connectivity index (χ1v) is 10.5. The maximum absolute atomic E-state index is 3.97. The minimum Gasteiger partial charge on any atom is -0.0985 e. The zero-order valence-corrected chi connectivity index (χ0v) is 16.6. The summed E-state index contributed by atoms with van der Waals surface area (Å²) in [5.41, 5.74) is 5.91. The summed E-state index contributed by atoms with van der Waals surface area (Å²) < 4.78 is 0. The number of hydrogen-bond acceptors (Lipinski definition) is 0. The van der Waals surface area contributed by atoms with E-state index in [1.54, 1.807) is 5.56 Å². The highest BCUT2D eigenvalue weighted by molar-refractivity contribution is 5.55. The van der Waals surface area contributed by atoms with Crippen molar-refractivity contribution in [2.45, 2.75) is 104 Å². The molecule has 0 heterocycles. The molecule has 0 aromatic heterocycles. The molecule has 0 N–H and O–H groups in total. The predicted octanol–water partition coefficient (Wildman–Crippen LogP) is 7.92. The van der Waals surface area contributed by atoms with Crippen LogP contribution in [0.2, 0.25) is 0 Å². The van der Waals surface area contributed by atoms with Gasteiger partial charge in [0.15, 0.2) is 0 Å². The number of hydrogen-bond donors (Lipinski definition) is 0. The molecule has 0 radical (unpaired) electrons. The molecule has 24 heavy (non-hydrogen) atoms.